The highest BCUT2D eigenvalue weighted by molar-refractivity contribution is 6.06. The molecule has 1 amide bonds. The van der Waals surface area contributed by atoms with E-state index in [1.807, 2.05) is 57.2 Å². The molecule has 2 rings (SSSR count). The van der Waals surface area contributed by atoms with Gasteiger partial charge in [0.2, 0.25) is 0 Å². The van der Waals surface area contributed by atoms with E-state index >= 15 is 0 Å². The molecule has 3 N–H and O–H groups in total. The monoisotopic (exact) mass is 254 g/mol. The van der Waals surface area contributed by atoms with Crippen LogP contribution in [-0.2, 0) is 0 Å². The number of nitrogens with one attached hydrogen (secondary N) is 1. The SMILES string of the molecule is Cc1cc(N)c(NC(=O)c2ccccc2C)cc1C. The predicted molar refractivity (Wildman–Crippen MR) is 79.5 cm³/mol. The van der Waals surface area contributed by atoms with E-state index in [0.29, 0.717) is 16.9 Å². The van der Waals surface area contributed by atoms with E-state index in [2.05, 4.69) is 5.32 Å². The minimum Gasteiger partial charge on any atom is -0.397 e. The fourth-order valence-corrected chi connectivity index (χ4v) is 1.96. The summed E-state index contributed by atoms with van der Waals surface area (Å²) in [6.07, 6.45) is 0. The third-order valence-electron chi connectivity index (χ3n) is 3.30. The van der Waals surface area contributed by atoms with Crippen LogP contribution in [0.5, 0.6) is 0 Å². The number of benzene rings is 2. The van der Waals surface area contributed by atoms with Gasteiger partial charge in [0.1, 0.15) is 0 Å². The van der Waals surface area contributed by atoms with Gasteiger partial charge in [-0.3, -0.25) is 4.79 Å². The third-order valence-corrected chi connectivity index (χ3v) is 3.30. The predicted octanol–water partition coefficient (Wildman–Crippen LogP) is 3.45. The highest BCUT2D eigenvalue weighted by Gasteiger charge is 2.10. The summed E-state index contributed by atoms with van der Waals surface area (Å²) in [7, 11) is 0. The number of nitrogen functional groups attached to an aromatic ring is 1. The van der Waals surface area contributed by atoms with Crippen molar-refractivity contribution in [3.8, 4) is 0 Å². The van der Waals surface area contributed by atoms with Crippen LogP contribution >= 0.6 is 0 Å². The fraction of sp³-hybridized carbons (Fsp3) is 0.188. The van der Waals surface area contributed by atoms with Gasteiger partial charge in [0.15, 0.2) is 0 Å². The van der Waals surface area contributed by atoms with Gasteiger partial charge in [0.25, 0.3) is 5.91 Å². The number of anilines is 2. The summed E-state index contributed by atoms with van der Waals surface area (Å²) < 4.78 is 0. The van der Waals surface area contributed by atoms with Gasteiger partial charge in [-0.15, -0.1) is 0 Å². The quantitative estimate of drug-likeness (QED) is 0.806. The second-order valence-electron chi connectivity index (χ2n) is 4.79. The largest absolute Gasteiger partial charge is 0.397 e. The van der Waals surface area contributed by atoms with Crippen molar-refractivity contribution in [2.45, 2.75) is 20.8 Å². The van der Waals surface area contributed by atoms with Crippen LogP contribution in [0.25, 0.3) is 0 Å². The average Bonchev–Trinajstić information content (AvgIpc) is 2.36. The number of carbonyl (C=O) groups excluding carboxylic acids is 1. The zero-order valence-electron chi connectivity index (χ0n) is 11.4. The zero-order chi connectivity index (χ0) is 14.0. The Morgan fingerprint density at radius 3 is 2.32 bits per heavy atom. The Kier molecular flexibility index (Phi) is 3.56. The van der Waals surface area contributed by atoms with E-state index in [-0.39, 0.29) is 5.91 Å². The Labute approximate surface area is 113 Å². The van der Waals surface area contributed by atoms with Crippen molar-refractivity contribution in [3.63, 3.8) is 0 Å². The van der Waals surface area contributed by atoms with Crippen molar-refractivity contribution in [2.75, 3.05) is 11.1 Å². The van der Waals surface area contributed by atoms with E-state index in [9.17, 15) is 4.79 Å². The van der Waals surface area contributed by atoms with Gasteiger partial charge in [-0.1, -0.05) is 18.2 Å². The van der Waals surface area contributed by atoms with Crippen molar-refractivity contribution in [2.24, 2.45) is 0 Å². The maximum absolute atomic E-state index is 12.2. The first-order valence-corrected chi connectivity index (χ1v) is 6.22. The first kappa shape index (κ1) is 13.1. The van der Waals surface area contributed by atoms with Gasteiger partial charge in [-0.2, -0.15) is 0 Å². The van der Waals surface area contributed by atoms with Crippen LogP contribution in [0, 0.1) is 20.8 Å². The van der Waals surface area contributed by atoms with Crippen molar-refractivity contribution in [1.29, 1.82) is 0 Å². The molecular formula is C16H18N2O. The summed E-state index contributed by atoms with van der Waals surface area (Å²) in [6.45, 7) is 5.91. The number of amides is 1. The fourth-order valence-electron chi connectivity index (χ4n) is 1.96. The molecule has 98 valence electrons. The number of carbonyl (C=O) groups is 1. The van der Waals surface area contributed by atoms with Crippen LogP contribution in [0.15, 0.2) is 36.4 Å². The van der Waals surface area contributed by atoms with Gasteiger partial charge in [-0.05, 0) is 55.7 Å². The number of hydrogen-bond donors (Lipinski definition) is 2. The van der Waals surface area contributed by atoms with Crippen LogP contribution in [0.4, 0.5) is 11.4 Å². The average molecular weight is 254 g/mol. The number of rotatable bonds is 2. The minimum absolute atomic E-state index is 0.131. The minimum atomic E-state index is -0.131. The summed E-state index contributed by atoms with van der Waals surface area (Å²) in [5, 5.41) is 2.87. The maximum Gasteiger partial charge on any atom is 0.255 e. The molecule has 0 heterocycles. The lowest BCUT2D eigenvalue weighted by molar-refractivity contribution is 0.102. The van der Waals surface area contributed by atoms with Gasteiger partial charge < -0.3 is 11.1 Å². The Morgan fingerprint density at radius 1 is 1.00 bits per heavy atom. The highest BCUT2D eigenvalue weighted by Crippen LogP contribution is 2.23. The lowest BCUT2D eigenvalue weighted by Gasteiger charge is -2.12. The summed E-state index contributed by atoms with van der Waals surface area (Å²) in [4.78, 5) is 12.2. The highest BCUT2D eigenvalue weighted by atomic mass is 16.1. The molecule has 3 nitrogen and oxygen atoms in total. The third kappa shape index (κ3) is 2.76. The Hall–Kier alpha value is -2.29. The van der Waals surface area contributed by atoms with Crippen molar-refractivity contribution in [3.05, 3.63) is 58.7 Å². The van der Waals surface area contributed by atoms with Crippen LogP contribution in [-0.4, -0.2) is 5.91 Å². The van der Waals surface area contributed by atoms with E-state index in [0.717, 1.165) is 16.7 Å². The molecule has 19 heavy (non-hydrogen) atoms. The van der Waals surface area contributed by atoms with Gasteiger partial charge in [0, 0.05) is 5.56 Å². The van der Waals surface area contributed by atoms with Crippen molar-refractivity contribution >= 4 is 17.3 Å². The molecule has 2 aromatic rings. The molecule has 0 aromatic heterocycles. The Morgan fingerprint density at radius 2 is 1.63 bits per heavy atom. The van der Waals surface area contributed by atoms with Crippen molar-refractivity contribution < 1.29 is 4.79 Å². The molecule has 0 bridgehead atoms. The van der Waals surface area contributed by atoms with E-state index in [1.165, 1.54) is 0 Å². The molecule has 2 aromatic carbocycles. The molecule has 0 saturated heterocycles. The maximum atomic E-state index is 12.2. The summed E-state index contributed by atoms with van der Waals surface area (Å²) in [5.41, 5.74) is 11.0. The first-order chi connectivity index (χ1) is 8.99. The van der Waals surface area contributed by atoms with E-state index < -0.39 is 0 Å². The number of hydrogen-bond acceptors (Lipinski definition) is 2. The number of aryl methyl sites for hydroxylation is 3. The molecule has 0 atom stereocenters. The summed E-state index contributed by atoms with van der Waals surface area (Å²) >= 11 is 0. The molecule has 0 saturated carbocycles. The molecular weight excluding hydrogens is 236 g/mol. The second-order valence-corrected chi connectivity index (χ2v) is 4.79. The lowest BCUT2D eigenvalue weighted by atomic mass is 10.1. The second kappa shape index (κ2) is 5.14. The van der Waals surface area contributed by atoms with Crippen LogP contribution < -0.4 is 11.1 Å². The van der Waals surface area contributed by atoms with Crippen LogP contribution in [0.3, 0.4) is 0 Å². The molecule has 0 aliphatic rings. The number of nitrogens with two attached hydrogens (primary N) is 1. The molecule has 0 unspecified atom stereocenters. The van der Waals surface area contributed by atoms with E-state index in [4.69, 9.17) is 5.73 Å². The molecule has 0 aliphatic heterocycles. The molecule has 3 heteroatoms. The standard InChI is InChI=1S/C16H18N2O/c1-10-6-4-5-7-13(10)16(19)18-15-9-12(3)11(2)8-14(15)17/h4-9H,17H2,1-3H3,(H,18,19). The van der Waals surface area contributed by atoms with Gasteiger partial charge in [-0.25, -0.2) is 0 Å². The molecule has 0 radical (unpaired) electrons. The topological polar surface area (TPSA) is 55.1 Å². The summed E-state index contributed by atoms with van der Waals surface area (Å²) in [5.74, 6) is -0.131. The summed E-state index contributed by atoms with van der Waals surface area (Å²) in [6, 6.07) is 11.3. The van der Waals surface area contributed by atoms with Crippen LogP contribution in [0.2, 0.25) is 0 Å². The zero-order valence-corrected chi connectivity index (χ0v) is 11.4. The molecule has 0 fully saturated rings. The molecule has 0 aliphatic carbocycles. The Bertz CT molecular complexity index is 633. The van der Waals surface area contributed by atoms with E-state index in [1.54, 1.807) is 0 Å². The van der Waals surface area contributed by atoms with Gasteiger partial charge >= 0.3 is 0 Å². The Balaban J connectivity index is 2.30. The van der Waals surface area contributed by atoms with Crippen LogP contribution in [0.1, 0.15) is 27.0 Å². The van der Waals surface area contributed by atoms with Crippen molar-refractivity contribution in [1.82, 2.24) is 0 Å². The smallest absolute Gasteiger partial charge is 0.255 e. The normalized spacial score (nSPS) is 10.3. The molecule has 0 spiro atoms. The van der Waals surface area contributed by atoms with Gasteiger partial charge in [0.05, 0.1) is 11.4 Å². The first-order valence-electron chi connectivity index (χ1n) is 6.22. The lowest BCUT2D eigenvalue weighted by Crippen LogP contribution is -2.14.